The van der Waals surface area contributed by atoms with Gasteiger partial charge in [-0.3, -0.25) is 0 Å². The Morgan fingerprint density at radius 3 is 1.10 bits per heavy atom. The molecule has 0 radical (unpaired) electrons. The van der Waals surface area contributed by atoms with Gasteiger partial charge in [0.2, 0.25) is 0 Å². The molecule has 0 atom stereocenters. The Kier molecular flexibility index (Phi) is 25.6. The molecular formula is C40H54O12. The minimum Gasteiger partial charge on any atom is -0.462 e. The summed E-state index contributed by atoms with van der Waals surface area (Å²) >= 11 is 0. The average molecular weight is 727 g/mol. The van der Waals surface area contributed by atoms with Gasteiger partial charge in [0.25, 0.3) is 0 Å². The van der Waals surface area contributed by atoms with E-state index in [0.717, 1.165) is 56.1 Å². The second-order valence-corrected chi connectivity index (χ2v) is 11.9. The zero-order chi connectivity index (χ0) is 39.1. The minimum absolute atomic E-state index is 0.156. The molecule has 0 unspecified atom stereocenters. The molecule has 0 aromatic heterocycles. The summed E-state index contributed by atoms with van der Waals surface area (Å²) in [5, 5.41) is 0. The Morgan fingerprint density at radius 1 is 0.404 bits per heavy atom. The van der Waals surface area contributed by atoms with E-state index in [9.17, 15) is 28.8 Å². The number of esters is 6. The molecule has 0 bridgehead atoms. The third kappa shape index (κ3) is 22.5. The molecule has 0 saturated heterocycles. The van der Waals surface area contributed by atoms with Crippen molar-refractivity contribution in [3.63, 3.8) is 0 Å². The van der Waals surface area contributed by atoms with Crippen LogP contribution in [0.4, 0.5) is 0 Å². The van der Waals surface area contributed by atoms with Crippen LogP contribution in [0.25, 0.3) is 0 Å². The van der Waals surface area contributed by atoms with Crippen LogP contribution in [0.2, 0.25) is 0 Å². The fraction of sp³-hybridized carbons (Fsp3) is 0.450. The first kappa shape index (κ1) is 46.7. The van der Waals surface area contributed by atoms with Gasteiger partial charge in [0.1, 0.15) is 39.6 Å². The maximum absolute atomic E-state index is 12.6. The van der Waals surface area contributed by atoms with E-state index in [0.29, 0.717) is 38.5 Å². The summed E-state index contributed by atoms with van der Waals surface area (Å²) in [7, 11) is 0. The van der Waals surface area contributed by atoms with Gasteiger partial charge in [0.05, 0.1) is 10.8 Å². The third-order valence-corrected chi connectivity index (χ3v) is 7.63. The van der Waals surface area contributed by atoms with Crippen molar-refractivity contribution in [1.82, 2.24) is 0 Å². The zero-order valence-corrected chi connectivity index (χ0v) is 30.2. The number of unbranched alkanes of at least 4 members (excludes halogenated alkanes) is 6. The van der Waals surface area contributed by atoms with Gasteiger partial charge < -0.3 is 28.4 Å². The smallest absolute Gasteiger partial charge is 0.330 e. The Bertz CT molecular complexity index is 1210. The minimum atomic E-state index is -1.03. The quantitative estimate of drug-likeness (QED) is 0.0195. The Hall–Kier alpha value is -5.26. The number of rotatable bonds is 31. The molecule has 52 heavy (non-hydrogen) atoms. The van der Waals surface area contributed by atoms with Crippen LogP contribution in [-0.2, 0) is 57.2 Å². The van der Waals surface area contributed by atoms with Gasteiger partial charge in [0.15, 0.2) is 0 Å². The van der Waals surface area contributed by atoms with E-state index < -0.39 is 46.6 Å². The number of carbonyl (C=O) groups excluding carboxylic acids is 6. The molecule has 0 aromatic carbocycles. The van der Waals surface area contributed by atoms with Crippen molar-refractivity contribution < 1.29 is 57.2 Å². The van der Waals surface area contributed by atoms with Gasteiger partial charge in [-0.2, -0.15) is 0 Å². The van der Waals surface area contributed by atoms with Crippen LogP contribution in [0.3, 0.4) is 0 Å². The lowest BCUT2D eigenvalue weighted by atomic mass is 9.84. The zero-order valence-electron chi connectivity index (χ0n) is 30.2. The lowest BCUT2D eigenvalue weighted by Gasteiger charge is -2.32. The molecule has 0 aromatic rings. The molecule has 286 valence electrons. The van der Waals surface area contributed by atoms with Gasteiger partial charge in [-0.05, 0) is 38.5 Å². The van der Waals surface area contributed by atoms with Crippen LogP contribution < -0.4 is 0 Å². The van der Waals surface area contributed by atoms with Crippen LogP contribution in [0.15, 0.2) is 100 Å². The summed E-state index contributed by atoms with van der Waals surface area (Å²) in [5.74, 6) is -4.01. The van der Waals surface area contributed by atoms with Crippen LogP contribution in [0.1, 0.15) is 64.2 Å². The molecule has 12 heteroatoms. The summed E-state index contributed by atoms with van der Waals surface area (Å²) < 4.78 is 31.9. The van der Waals surface area contributed by atoms with Gasteiger partial charge in [-0.15, -0.1) is 6.58 Å². The van der Waals surface area contributed by atoms with E-state index in [1.54, 1.807) is 6.08 Å². The predicted octanol–water partition coefficient (Wildman–Crippen LogP) is 6.35. The molecule has 0 amide bonds. The van der Waals surface area contributed by atoms with E-state index in [1.807, 2.05) is 12.2 Å². The van der Waals surface area contributed by atoms with E-state index in [1.165, 1.54) is 12.2 Å². The molecule has 0 aliphatic rings. The van der Waals surface area contributed by atoms with Crippen molar-refractivity contribution in [2.24, 2.45) is 10.8 Å². The van der Waals surface area contributed by atoms with Crippen molar-refractivity contribution in [1.29, 1.82) is 0 Å². The molecule has 0 aliphatic heterocycles. The molecule has 0 N–H and O–H groups in total. The number of hydrogen-bond donors (Lipinski definition) is 0. The van der Waals surface area contributed by atoms with Gasteiger partial charge >= 0.3 is 35.8 Å². The number of ether oxygens (including phenoxy) is 6. The molecule has 0 rings (SSSR count). The topological polar surface area (TPSA) is 158 Å². The SMILES string of the molecule is C=CCCCCCCC(COC(=O)C=C)(COC(=O)C=C)COC(=O)C=CC=CCCCCC(COC(=O)C=C)(COC(=O)C=C)COC(=O)C=C. The Labute approximate surface area is 307 Å². The van der Waals surface area contributed by atoms with Crippen molar-refractivity contribution in [2.75, 3.05) is 39.6 Å². The first-order valence-corrected chi connectivity index (χ1v) is 17.0. The maximum atomic E-state index is 12.6. The predicted molar refractivity (Wildman–Crippen MR) is 196 cm³/mol. The lowest BCUT2D eigenvalue weighted by Crippen LogP contribution is -2.39. The van der Waals surface area contributed by atoms with Gasteiger partial charge in [0, 0.05) is 36.5 Å². The third-order valence-electron chi connectivity index (χ3n) is 7.63. The summed E-state index contributed by atoms with van der Waals surface area (Å²) in [6, 6.07) is 0. The molecule has 0 saturated carbocycles. The van der Waals surface area contributed by atoms with Crippen LogP contribution in [0.5, 0.6) is 0 Å². The molecule has 0 aliphatic carbocycles. The molecule has 12 nitrogen and oxygen atoms in total. The number of allylic oxidation sites excluding steroid dienone is 4. The fourth-order valence-electron chi connectivity index (χ4n) is 4.58. The highest BCUT2D eigenvalue weighted by Gasteiger charge is 2.36. The van der Waals surface area contributed by atoms with Gasteiger partial charge in [-0.25, -0.2) is 28.8 Å². The van der Waals surface area contributed by atoms with E-state index in [4.69, 9.17) is 28.4 Å². The molecule has 0 heterocycles. The second kappa shape index (κ2) is 28.4. The molecule has 0 fully saturated rings. The van der Waals surface area contributed by atoms with E-state index in [-0.39, 0.29) is 39.6 Å². The Balaban J connectivity index is 5.43. The lowest BCUT2D eigenvalue weighted by molar-refractivity contribution is -0.158. The molecule has 0 spiro atoms. The first-order chi connectivity index (χ1) is 24.9. The fourth-order valence-corrected chi connectivity index (χ4v) is 4.58. The van der Waals surface area contributed by atoms with Crippen molar-refractivity contribution in [3.05, 3.63) is 100 Å². The van der Waals surface area contributed by atoms with E-state index >= 15 is 0 Å². The van der Waals surface area contributed by atoms with E-state index in [2.05, 4.69) is 39.5 Å². The van der Waals surface area contributed by atoms with Crippen molar-refractivity contribution >= 4 is 35.8 Å². The monoisotopic (exact) mass is 726 g/mol. The highest BCUT2D eigenvalue weighted by atomic mass is 16.6. The highest BCUT2D eigenvalue weighted by molar-refractivity contribution is 5.83. The summed E-state index contributed by atoms with van der Waals surface area (Å²) in [5.41, 5.74) is -2.01. The summed E-state index contributed by atoms with van der Waals surface area (Å²) in [4.78, 5) is 71.8. The van der Waals surface area contributed by atoms with Crippen molar-refractivity contribution in [3.8, 4) is 0 Å². The summed E-state index contributed by atoms with van der Waals surface area (Å²) in [6.45, 7) is 19.6. The standard InChI is InChI=1S/C40H54O12/c1-7-13-14-15-19-22-26-40(30-50-36(44)11-5,31-51-37(45)12-6)32-52-38(46)24-21-18-16-17-20-23-25-39(27-47-33(41)8-2,28-48-34(42)9-3)29-49-35(43)10-4/h7-12,16,18,21,24H,1-6,13-15,17,19-20,22-23,25-32H2. The molecular weight excluding hydrogens is 672 g/mol. The number of hydrogen-bond acceptors (Lipinski definition) is 12. The largest absolute Gasteiger partial charge is 0.462 e. The van der Waals surface area contributed by atoms with Crippen LogP contribution in [0, 0.1) is 10.8 Å². The van der Waals surface area contributed by atoms with Crippen molar-refractivity contribution in [2.45, 2.75) is 64.2 Å². The summed E-state index contributed by atoms with van der Waals surface area (Å²) in [6.07, 6.45) is 20.2. The Morgan fingerprint density at radius 2 is 0.731 bits per heavy atom. The normalized spacial score (nSPS) is 11.2. The van der Waals surface area contributed by atoms with Crippen LogP contribution in [-0.4, -0.2) is 75.5 Å². The highest BCUT2D eigenvalue weighted by Crippen LogP contribution is 2.29. The average Bonchev–Trinajstić information content (AvgIpc) is 3.16. The second-order valence-electron chi connectivity index (χ2n) is 11.9. The van der Waals surface area contributed by atoms with Crippen LogP contribution >= 0.6 is 0 Å². The first-order valence-electron chi connectivity index (χ1n) is 17.0. The number of carbonyl (C=O) groups is 6. The maximum Gasteiger partial charge on any atom is 0.330 e. The van der Waals surface area contributed by atoms with Gasteiger partial charge in [-0.1, -0.05) is 82.9 Å².